The van der Waals surface area contributed by atoms with E-state index in [-0.39, 0.29) is 5.41 Å². The topological polar surface area (TPSA) is 20.2 Å². The minimum Gasteiger partial charge on any atom is -0.508 e. The Morgan fingerprint density at radius 3 is 2.44 bits per heavy atom. The van der Waals surface area contributed by atoms with E-state index < -0.39 is 0 Å². The normalized spacial score (nSPS) is 14.8. The van der Waals surface area contributed by atoms with Crippen LogP contribution in [-0.4, -0.2) is 5.11 Å². The van der Waals surface area contributed by atoms with Gasteiger partial charge in [0.1, 0.15) is 5.75 Å². The van der Waals surface area contributed by atoms with Crippen molar-refractivity contribution in [3.63, 3.8) is 0 Å². The quantitative estimate of drug-likeness (QED) is 0.771. The lowest BCUT2D eigenvalue weighted by atomic mass is 9.75. The van der Waals surface area contributed by atoms with Gasteiger partial charge in [0.2, 0.25) is 0 Å². The molecule has 1 heteroatoms. The Kier molecular flexibility index (Phi) is 4.40. The number of hydrogen-bond acceptors (Lipinski definition) is 1. The number of benzene rings is 1. The van der Waals surface area contributed by atoms with E-state index in [0.29, 0.717) is 5.75 Å². The predicted octanol–water partition coefficient (Wildman–Crippen LogP) is 4.56. The molecule has 0 aliphatic carbocycles. The number of phenolic OH excluding ortho intramolecular Hbond substituents is 1. The molecule has 0 spiro atoms. The van der Waals surface area contributed by atoms with Crippen LogP contribution < -0.4 is 0 Å². The number of aromatic hydroxyl groups is 1. The number of aryl methyl sites for hydroxylation is 1. The summed E-state index contributed by atoms with van der Waals surface area (Å²) in [6, 6.07) is 6.05. The summed E-state index contributed by atoms with van der Waals surface area (Å²) in [6.07, 6.45) is 4.65. The van der Waals surface area contributed by atoms with Crippen LogP contribution in [0.25, 0.3) is 0 Å². The molecule has 0 saturated carbocycles. The molecule has 1 N–H and O–H groups in total. The second kappa shape index (κ2) is 5.38. The Morgan fingerprint density at radius 1 is 1.25 bits per heavy atom. The first-order valence-electron chi connectivity index (χ1n) is 6.33. The van der Waals surface area contributed by atoms with E-state index in [2.05, 4.69) is 32.9 Å². The van der Waals surface area contributed by atoms with Gasteiger partial charge in [0.05, 0.1) is 0 Å². The fourth-order valence-corrected chi connectivity index (χ4v) is 2.22. The van der Waals surface area contributed by atoms with Gasteiger partial charge < -0.3 is 5.11 Å². The summed E-state index contributed by atoms with van der Waals surface area (Å²) in [4.78, 5) is 0. The SMILES string of the molecule is CCCCC(C)(CC)c1ccc(C)cc1O. The van der Waals surface area contributed by atoms with Crippen LogP contribution in [0.2, 0.25) is 0 Å². The molecule has 0 aromatic heterocycles. The van der Waals surface area contributed by atoms with Crippen LogP contribution in [0.5, 0.6) is 5.75 Å². The maximum absolute atomic E-state index is 10.1. The minimum absolute atomic E-state index is 0.119. The third kappa shape index (κ3) is 2.78. The van der Waals surface area contributed by atoms with E-state index in [0.717, 1.165) is 24.0 Å². The summed E-state index contributed by atoms with van der Waals surface area (Å²) in [5, 5.41) is 10.1. The van der Waals surface area contributed by atoms with E-state index in [9.17, 15) is 5.11 Å². The molecule has 0 amide bonds. The van der Waals surface area contributed by atoms with Crippen molar-refractivity contribution in [2.75, 3.05) is 0 Å². The fraction of sp³-hybridized carbons (Fsp3) is 0.600. The smallest absolute Gasteiger partial charge is 0.119 e. The Balaban J connectivity index is 3.02. The van der Waals surface area contributed by atoms with Crippen molar-refractivity contribution >= 4 is 0 Å². The van der Waals surface area contributed by atoms with Gasteiger partial charge >= 0.3 is 0 Å². The molecule has 1 nitrogen and oxygen atoms in total. The number of unbranched alkanes of at least 4 members (excludes halogenated alkanes) is 1. The number of phenols is 1. The largest absolute Gasteiger partial charge is 0.508 e. The van der Waals surface area contributed by atoms with Gasteiger partial charge in [-0.2, -0.15) is 0 Å². The van der Waals surface area contributed by atoms with E-state index in [1.165, 1.54) is 12.8 Å². The Bertz CT molecular complexity index is 343. The van der Waals surface area contributed by atoms with Crippen molar-refractivity contribution in [3.05, 3.63) is 29.3 Å². The van der Waals surface area contributed by atoms with E-state index in [4.69, 9.17) is 0 Å². The molecule has 1 aromatic rings. The van der Waals surface area contributed by atoms with Gasteiger partial charge in [0.25, 0.3) is 0 Å². The molecule has 0 saturated heterocycles. The zero-order valence-electron chi connectivity index (χ0n) is 11.0. The summed E-state index contributed by atoms with van der Waals surface area (Å²) >= 11 is 0. The van der Waals surface area contributed by atoms with Gasteiger partial charge in [-0.25, -0.2) is 0 Å². The molecular weight excluding hydrogens is 196 g/mol. The summed E-state index contributed by atoms with van der Waals surface area (Å²) in [5.41, 5.74) is 2.34. The van der Waals surface area contributed by atoms with Crippen LogP contribution >= 0.6 is 0 Å². The molecule has 0 bridgehead atoms. The molecule has 0 radical (unpaired) electrons. The van der Waals surface area contributed by atoms with Crippen molar-refractivity contribution in [1.82, 2.24) is 0 Å². The summed E-state index contributed by atoms with van der Waals surface area (Å²) in [5.74, 6) is 0.459. The summed E-state index contributed by atoms with van der Waals surface area (Å²) in [6.45, 7) is 8.69. The highest BCUT2D eigenvalue weighted by Crippen LogP contribution is 2.38. The van der Waals surface area contributed by atoms with E-state index in [1.54, 1.807) is 0 Å². The molecule has 0 fully saturated rings. The maximum atomic E-state index is 10.1. The lowest BCUT2D eigenvalue weighted by Gasteiger charge is -2.29. The highest BCUT2D eigenvalue weighted by molar-refractivity contribution is 5.40. The first kappa shape index (κ1) is 13.1. The van der Waals surface area contributed by atoms with Crippen molar-refractivity contribution in [2.24, 2.45) is 0 Å². The van der Waals surface area contributed by atoms with Crippen LogP contribution in [0.1, 0.15) is 57.6 Å². The average Bonchev–Trinajstić information content (AvgIpc) is 2.26. The van der Waals surface area contributed by atoms with Crippen LogP contribution in [-0.2, 0) is 5.41 Å². The van der Waals surface area contributed by atoms with Gasteiger partial charge in [-0.15, -0.1) is 0 Å². The minimum atomic E-state index is 0.119. The van der Waals surface area contributed by atoms with Crippen molar-refractivity contribution < 1.29 is 5.11 Å². The van der Waals surface area contributed by atoms with E-state index in [1.807, 2.05) is 13.0 Å². The van der Waals surface area contributed by atoms with Crippen LogP contribution in [0.4, 0.5) is 0 Å². The van der Waals surface area contributed by atoms with Gasteiger partial charge in [-0.05, 0) is 42.4 Å². The highest BCUT2D eigenvalue weighted by Gasteiger charge is 2.26. The first-order chi connectivity index (χ1) is 7.53. The zero-order valence-corrected chi connectivity index (χ0v) is 11.0. The second-order valence-corrected chi connectivity index (χ2v) is 5.04. The van der Waals surface area contributed by atoms with Gasteiger partial charge in [-0.3, -0.25) is 0 Å². The molecule has 1 aromatic carbocycles. The van der Waals surface area contributed by atoms with Crippen molar-refractivity contribution in [2.45, 2.75) is 58.8 Å². The van der Waals surface area contributed by atoms with Crippen molar-refractivity contribution in [3.8, 4) is 5.75 Å². The highest BCUT2D eigenvalue weighted by atomic mass is 16.3. The second-order valence-electron chi connectivity index (χ2n) is 5.04. The summed E-state index contributed by atoms with van der Waals surface area (Å²) in [7, 11) is 0. The molecule has 1 atom stereocenters. The third-order valence-electron chi connectivity index (χ3n) is 3.67. The molecule has 0 aliphatic rings. The van der Waals surface area contributed by atoms with E-state index >= 15 is 0 Å². The molecule has 16 heavy (non-hydrogen) atoms. The Hall–Kier alpha value is -0.980. The molecule has 1 rings (SSSR count). The van der Waals surface area contributed by atoms with Crippen LogP contribution in [0.15, 0.2) is 18.2 Å². The summed E-state index contributed by atoms with van der Waals surface area (Å²) < 4.78 is 0. The maximum Gasteiger partial charge on any atom is 0.119 e. The monoisotopic (exact) mass is 220 g/mol. The van der Waals surface area contributed by atoms with Gasteiger partial charge in [0, 0.05) is 0 Å². The third-order valence-corrected chi connectivity index (χ3v) is 3.67. The lowest BCUT2D eigenvalue weighted by Crippen LogP contribution is -2.20. The van der Waals surface area contributed by atoms with Crippen molar-refractivity contribution in [1.29, 1.82) is 0 Å². The first-order valence-corrected chi connectivity index (χ1v) is 6.33. The Morgan fingerprint density at radius 2 is 1.94 bits per heavy atom. The molecule has 90 valence electrons. The molecule has 0 aliphatic heterocycles. The Labute approximate surface area is 99.5 Å². The molecule has 1 unspecified atom stereocenters. The zero-order chi connectivity index (χ0) is 12.2. The molecule has 0 heterocycles. The average molecular weight is 220 g/mol. The standard InChI is InChI=1S/C15H24O/c1-5-7-10-15(4,6-2)13-9-8-12(3)11-14(13)16/h8-9,11,16H,5-7,10H2,1-4H3. The fourth-order valence-electron chi connectivity index (χ4n) is 2.22. The number of hydrogen-bond donors (Lipinski definition) is 1. The van der Waals surface area contributed by atoms with Gasteiger partial charge in [-0.1, -0.05) is 45.7 Å². The predicted molar refractivity (Wildman–Crippen MR) is 70.0 cm³/mol. The number of rotatable bonds is 5. The van der Waals surface area contributed by atoms with Gasteiger partial charge in [0.15, 0.2) is 0 Å². The van der Waals surface area contributed by atoms with Crippen LogP contribution in [0.3, 0.4) is 0 Å². The lowest BCUT2D eigenvalue weighted by molar-refractivity contribution is 0.375. The van der Waals surface area contributed by atoms with Crippen LogP contribution in [0, 0.1) is 6.92 Å². The molecular formula is C15H24O.